The summed E-state index contributed by atoms with van der Waals surface area (Å²) >= 11 is 0. The fraction of sp³-hybridized carbons (Fsp3) is 0.520. The van der Waals surface area contributed by atoms with E-state index in [-0.39, 0.29) is 18.1 Å². The molecule has 3 rings (SSSR count). The van der Waals surface area contributed by atoms with Crippen LogP contribution in [0, 0.1) is 5.92 Å². The summed E-state index contributed by atoms with van der Waals surface area (Å²) in [7, 11) is 3.58. The molecule has 0 saturated carbocycles. The Labute approximate surface area is 185 Å². The number of rotatable bonds is 9. The van der Waals surface area contributed by atoms with Gasteiger partial charge in [0.15, 0.2) is 0 Å². The molecule has 0 aliphatic carbocycles. The van der Waals surface area contributed by atoms with E-state index < -0.39 is 0 Å². The first kappa shape index (κ1) is 23.2. The van der Waals surface area contributed by atoms with Gasteiger partial charge in [-0.05, 0) is 81.4 Å². The van der Waals surface area contributed by atoms with Gasteiger partial charge in [-0.25, -0.2) is 0 Å². The number of amides is 1. The van der Waals surface area contributed by atoms with Gasteiger partial charge in [0.05, 0.1) is 13.2 Å². The highest BCUT2D eigenvalue weighted by atomic mass is 16.5. The van der Waals surface area contributed by atoms with Crippen molar-refractivity contribution < 1.29 is 14.6 Å². The molecule has 1 amide bonds. The van der Waals surface area contributed by atoms with Crippen LogP contribution in [0.3, 0.4) is 0 Å². The SMILES string of the molecule is COc1cccc(CC(C2CCN(CCC(C)O)CC2)N(C)C(=O)c2ccccn2)c1. The zero-order chi connectivity index (χ0) is 22.2. The summed E-state index contributed by atoms with van der Waals surface area (Å²) in [6, 6.07) is 13.7. The van der Waals surface area contributed by atoms with Crippen LogP contribution in [-0.4, -0.2) is 71.7 Å². The molecular formula is C25H35N3O3. The number of aliphatic hydroxyl groups is 1. The molecule has 1 aromatic heterocycles. The number of carbonyl (C=O) groups is 1. The maximum Gasteiger partial charge on any atom is 0.272 e. The highest BCUT2D eigenvalue weighted by molar-refractivity contribution is 5.92. The molecule has 1 aromatic carbocycles. The number of benzene rings is 1. The molecule has 31 heavy (non-hydrogen) atoms. The lowest BCUT2D eigenvalue weighted by molar-refractivity contribution is 0.0570. The van der Waals surface area contributed by atoms with Gasteiger partial charge in [-0.1, -0.05) is 18.2 Å². The normalized spacial score (nSPS) is 17.2. The molecule has 2 aromatic rings. The Balaban J connectivity index is 1.75. The molecule has 0 radical (unpaired) electrons. The number of nitrogens with zero attached hydrogens (tertiary/aromatic N) is 3. The van der Waals surface area contributed by atoms with Crippen molar-refractivity contribution >= 4 is 5.91 Å². The zero-order valence-electron chi connectivity index (χ0n) is 18.9. The molecule has 2 unspecified atom stereocenters. The third kappa shape index (κ3) is 6.52. The van der Waals surface area contributed by atoms with E-state index in [1.807, 2.05) is 43.1 Å². The number of aromatic nitrogens is 1. The Bertz CT molecular complexity index is 820. The second kappa shape index (κ2) is 11.3. The number of likely N-dealkylation sites (tertiary alicyclic amines) is 1. The summed E-state index contributed by atoms with van der Waals surface area (Å²) in [5.74, 6) is 1.21. The summed E-state index contributed by atoms with van der Waals surface area (Å²) in [5.41, 5.74) is 1.65. The molecule has 1 aliphatic heterocycles. The minimum atomic E-state index is -0.263. The molecule has 1 fully saturated rings. The van der Waals surface area contributed by atoms with Gasteiger partial charge >= 0.3 is 0 Å². The van der Waals surface area contributed by atoms with E-state index in [0.29, 0.717) is 11.6 Å². The number of hydrogen-bond acceptors (Lipinski definition) is 5. The molecule has 1 N–H and O–H groups in total. The summed E-state index contributed by atoms with van der Waals surface area (Å²) in [5, 5.41) is 9.59. The van der Waals surface area contributed by atoms with E-state index in [1.165, 1.54) is 5.56 Å². The van der Waals surface area contributed by atoms with E-state index in [4.69, 9.17) is 4.74 Å². The van der Waals surface area contributed by atoms with Gasteiger partial charge in [0, 0.05) is 25.8 Å². The lowest BCUT2D eigenvalue weighted by Crippen LogP contribution is -2.47. The van der Waals surface area contributed by atoms with Gasteiger partial charge in [-0.2, -0.15) is 0 Å². The number of likely N-dealkylation sites (N-methyl/N-ethyl adjacent to an activating group) is 1. The number of aliphatic hydroxyl groups excluding tert-OH is 1. The summed E-state index contributed by atoms with van der Waals surface area (Å²) < 4.78 is 5.40. The predicted molar refractivity (Wildman–Crippen MR) is 122 cm³/mol. The number of ether oxygens (including phenoxy) is 1. The fourth-order valence-electron chi connectivity index (χ4n) is 4.41. The van der Waals surface area contributed by atoms with Crippen molar-refractivity contribution in [3.05, 3.63) is 59.9 Å². The largest absolute Gasteiger partial charge is 0.497 e. The van der Waals surface area contributed by atoms with Gasteiger partial charge in [-0.3, -0.25) is 9.78 Å². The molecule has 168 valence electrons. The van der Waals surface area contributed by atoms with Crippen molar-refractivity contribution in [2.45, 2.75) is 44.8 Å². The van der Waals surface area contributed by atoms with Gasteiger partial charge in [-0.15, -0.1) is 0 Å². The zero-order valence-corrected chi connectivity index (χ0v) is 18.9. The Morgan fingerprint density at radius 2 is 2.03 bits per heavy atom. The second-order valence-corrected chi connectivity index (χ2v) is 8.57. The van der Waals surface area contributed by atoms with Gasteiger partial charge in [0.1, 0.15) is 11.4 Å². The average Bonchev–Trinajstić information content (AvgIpc) is 2.81. The third-order valence-corrected chi connectivity index (χ3v) is 6.32. The Kier molecular flexibility index (Phi) is 8.43. The molecule has 2 atom stereocenters. The monoisotopic (exact) mass is 425 g/mol. The van der Waals surface area contributed by atoms with E-state index >= 15 is 0 Å². The number of carbonyl (C=O) groups excluding carboxylic acids is 1. The summed E-state index contributed by atoms with van der Waals surface area (Å²) in [6.45, 7) is 4.76. The van der Waals surface area contributed by atoms with Crippen LogP contribution in [0.15, 0.2) is 48.7 Å². The maximum absolute atomic E-state index is 13.2. The van der Waals surface area contributed by atoms with Gasteiger partial charge in [0.2, 0.25) is 0 Å². The number of pyridine rings is 1. The first-order chi connectivity index (χ1) is 15.0. The molecule has 1 aliphatic rings. The van der Waals surface area contributed by atoms with Crippen molar-refractivity contribution in [2.24, 2.45) is 5.92 Å². The fourth-order valence-corrected chi connectivity index (χ4v) is 4.41. The smallest absolute Gasteiger partial charge is 0.272 e. The highest BCUT2D eigenvalue weighted by Crippen LogP contribution is 2.28. The number of piperidine rings is 1. The van der Waals surface area contributed by atoms with E-state index in [1.54, 1.807) is 19.4 Å². The molecule has 2 heterocycles. The first-order valence-electron chi connectivity index (χ1n) is 11.2. The van der Waals surface area contributed by atoms with Crippen molar-refractivity contribution in [1.29, 1.82) is 0 Å². The molecule has 0 spiro atoms. The van der Waals surface area contributed by atoms with E-state index in [0.717, 1.165) is 51.1 Å². The van der Waals surface area contributed by atoms with Crippen molar-refractivity contribution in [1.82, 2.24) is 14.8 Å². The maximum atomic E-state index is 13.2. The van der Waals surface area contributed by atoms with Gasteiger partial charge in [0.25, 0.3) is 5.91 Å². The highest BCUT2D eigenvalue weighted by Gasteiger charge is 2.32. The van der Waals surface area contributed by atoms with Crippen LogP contribution in [-0.2, 0) is 6.42 Å². The van der Waals surface area contributed by atoms with Gasteiger partial charge < -0.3 is 19.6 Å². The van der Waals surface area contributed by atoms with Crippen LogP contribution >= 0.6 is 0 Å². The van der Waals surface area contributed by atoms with Crippen LogP contribution in [0.5, 0.6) is 5.75 Å². The number of hydrogen-bond donors (Lipinski definition) is 1. The number of methoxy groups -OCH3 is 1. The summed E-state index contributed by atoms with van der Waals surface area (Å²) in [4.78, 5) is 21.8. The second-order valence-electron chi connectivity index (χ2n) is 8.57. The Hall–Kier alpha value is -2.44. The van der Waals surface area contributed by atoms with E-state index in [9.17, 15) is 9.90 Å². The van der Waals surface area contributed by atoms with Crippen LogP contribution in [0.2, 0.25) is 0 Å². The Morgan fingerprint density at radius 3 is 2.68 bits per heavy atom. The minimum Gasteiger partial charge on any atom is -0.497 e. The van der Waals surface area contributed by atoms with Crippen LogP contribution < -0.4 is 4.74 Å². The van der Waals surface area contributed by atoms with Crippen molar-refractivity contribution in [3.63, 3.8) is 0 Å². The topological polar surface area (TPSA) is 65.9 Å². The predicted octanol–water partition coefficient (Wildman–Crippen LogP) is 3.26. The summed E-state index contributed by atoms with van der Waals surface area (Å²) in [6.07, 6.45) is 5.06. The quantitative estimate of drug-likeness (QED) is 0.668. The standard InChI is InChI=1S/C25H35N3O3/c1-19(29)10-14-28-15-11-21(12-16-28)24(18-20-7-6-8-22(17-20)31-3)27(2)25(30)23-9-4-5-13-26-23/h4-9,13,17,19,21,24,29H,10-12,14-16,18H2,1-3H3. The van der Waals surface area contributed by atoms with Crippen molar-refractivity contribution in [2.75, 3.05) is 33.8 Å². The van der Waals surface area contributed by atoms with Crippen molar-refractivity contribution in [3.8, 4) is 5.75 Å². The minimum absolute atomic E-state index is 0.0370. The lowest BCUT2D eigenvalue weighted by Gasteiger charge is -2.40. The lowest BCUT2D eigenvalue weighted by atomic mass is 9.84. The average molecular weight is 426 g/mol. The molecule has 0 bridgehead atoms. The molecule has 6 heteroatoms. The van der Waals surface area contributed by atoms with Crippen LogP contribution in [0.1, 0.15) is 42.2 Å². The Morgan fingerprint density at radius 1 is 1.26 bits per heavy atom. The molecular weight excluding hydrogens is 390 g/mol. The van der Waals surface area contributed by atoms with E-state index in [2.05, 4.69) is 22.0 Å². The third-order valence-electron chi connectivity index (χ3n) is 6.32. The van der Waals surface area contributed by atoms with Crippen LogP contribution in [0.4, 0.5) is 0 Å². The van der Waals surface area contributed by atoms with Crippen LogP contribution in [0.25, 0.3) is 0 Å². The first-order valence-corrected chi connectivity index (χ1v) is 11.2. The molecule has 1 saturated heterocycles. The molecule has 6 nitrogen and oxygen atoms in total.